The second-order valence-electron chi connectivity index (χ2n) is 8.02. The molecule has 0 aliphatic heterocycles. The minimum Gasteiger partial charge on any atom is -0.295 e. The van der Waals surface area contributed by atoms with Crippen molar-refractivity contribution in [3.8, 4) is 0 Å². The van der Waals surface area contributed by atoms with Crippen molar-refractivity contribution in [1.29, 1.82) is 0 Å². The van der Waals surface area contributed by atoms with Crippen molar-refractivity contribution in [1.82, 2.24) is 0 Å². The third-order valence-electron chi connectivity index (χ3n) is 4.45. The van der Waals surface area contributed by atoms with Crippen LogP contribution in [0.25, 0.3) is 0 Å². The average Bonchev–Trinajstić information content (AvgIpc) is 2.22. The number of hydrogen-bond acceptors (Lipinski definition) is 1. The van der Waals surface area contributed by atoms with Crippen LogP contribution in [0.1, 0.15) is 75.7 Å². The molecule has 0 heterocycles. The second-order valence-corrected chi connectivity index (χ2v) is 8.83. The monoisotopic (exact) mass is 326 g/mol. The molecule has 0 saturated heterocycles. The lowest BCUT2D eigenvalue weighted by Crippen LogP contribution is -2.33. The van der Waals surface area contributed by atoms with Crippen LogP contribution in [0.15, 0.2) is 12.1 Å². The molecular weight excluding hydrogens is 303 g/mol. The van der Waals surface area contributed by atoms with Crippen molar-refractivity contribution >= 4 is 29.0 Å². The number of ketones is 1. The van der Waals surface area contributed by atoms with E-state index in [-0.39, 0.29) is 16.6 Å². The number of benzene rings is 1. The van der Waals surface area contributed by atoms with Crippen LogP contribution >= 0.6 is 23.2 Å². The summed E-state index contributed by atoms with van der Waals surface area (Å²) in [6, 6.07) is 3.53. The van der Waals surface area contributed by atoms with Crippen LogP contribution in [-0.4, -0.2) is 5.78 Å². The Kier molecular flexibility index (Phi) is 4.48. The largest absolute Gasteiger partial charge is 0.295 e. The van der Waals surface area contributed by atoms with Crippen LogP contribution < -0.4 is 0 Å². The summed E-state index contributed by atoms with van der Waals surface area (Å²) in [6.07, 6.45) is 3.36. The Hall–Kier alpha value is -0.530. The summed E-state index contributed by atoms with van der Waals surface area (Å²) in [5.41, 5.74) is 2.16. The van der Waals surface area contributed by atoms with Gasteiger partial charge in [0.1, 0.15) is 0 Å². The summed E-state index contributed by atoms with van der Waals surface area (Å²) in [5.74, 6) is 0.347. The van der Waals surface area contributed by atoms with Gasteiger partial charge in [-0.2, -0.15) is 0 Å². The van der Waals surface area contributed by atoms with Crippen molar-refractivity contribution in [3.63, 3.8) is 0 Å². The Bertz CT molecular complexity index is 534. The fourth-order valence-corrected chi connectivity index (χ4v) is 5.02. The van der Waals surface area contributed by atoms with Crippen molar-refractivity contribution in [2.24, 2.45) is 10.8 Å². The van der Waals surface area contributed by atoms with Gasteiger partial charge in [0, 0.05) is 15.6 Å². The smallest absolute Gasteiger partial charge is 0.159 e. The maximum Gasteiger partial charge on any atom is 0.159 e. The zero-order valence-electron chi connectivity index (χ0n) is 13.5. The number of Topliss-reactive ketones (excluding diaryl/α,β-unsaturated/α-hetero) is 1. The Morgan fingerprint density at radius 2 is 1.48 bits per heavy atom. The first-order chi connectivity index (χ1) is 9.51. The van der Waals surface area contributed by atoms with Gasteiger partial charge in [-0.25, -0.2) is 0 Å². The van der Waals surface area contributed by atoms with Gasteiger partial charge in [0.15, 0.2) is 5.78 Å². The number of hydrogen-bond donors (Lipinski definition) is 0. The second kappa shape index (κ2) is 5.59. The standard InChI is InChI=1S/C18H24Cl2O/c1-11(21)12-6-14(19)16(15(20)7-12)13-8-17(2,3)10-18(4,5)9-13/h6-7,13H,8-10H2,1-5H3. The molecule has 3 heteroatoms. The zero-order valence-corrected chi connectivity index (χ0v) is 15.0. The van der Waals surface area contributed by atoms with E-state index in [9.17, 15) is 4.79 Å². The predicted molar refractivity (Wildman–Crippen MR) is 90.6 cm³/mol. The van der Waals surface area contributed by atoms with Crippen molar-refractivity contribution in [2.45, 2.75) is 59.8 Å². The van der Waals surface area contributed by atoms with Gasteiger partial charge in [0.05, 0.1) is 0 Å². The average molecular weight is 327 g/mol. The minimum absolute atomic E-state index is 0.00495. The highest BCUT2D eigenvalue weighted by molar-refractivity contribution is 6.36. The molecule has 21 heavy (non-hydrogen) atoms. The molecule has 116 valence electrons. The molecule has 0 amide bonds. The van der Waals surface area contributed by atoms with E-state index < -0.39 is 0 Å². The van der Waals surface area contributed by atoms with Gasteiger partial charge < -0.3 is 0 Å². The zero-order chi connectivity index (χ0) is 16.0. The van der Waals surface area contributed by atoms with E-state index in [1.54, 1.807) is 12.1 Å². The van der Waals surface area contributed by atoms with E-state index in [0.717, 1.165) is 18.4 Å². The molecule has 1 aliphatic rings. The number of carbonyl (C=O) groups is 1. The van der Waals surface area contributed by atoms with Crippen LogP contribution in [0, 0.1) is 10.8 Å². The van der Waals surface area contributed by atoms with E-state index in [1.807, 2.05) is 0 Å². The van der Waals surface area contributed by atoms with Crippen LogP contribution in [0.4, 0.5) is 0 Å². The van der Waals surface area contributed by atoms with Crippen LogP contribution in [0.3, 0.4) is 0 Å². The third-order valence-corrected chi connectivity index (χ3v) is 5.07. The molecule has 1 fully saturated rings. The van der Waals surface area contributed by atoms with E-state index in [1.165, 1.54) is 13.3 Å². The van der Waals surface area contributed by atoms with Gasteiger partial charge in [0.2, 0.25) is 0 Å². The van der Waals surface area contributed by atoms with Crippen molar-refractivity contribution in [3.05, 3.63) is 33.3 Å². The topological polar surface area (TPSA) is 17.1 Å². The van der Waals surface area contributed by atoms with Crippen molar-refractivity contribution < 1.29 is 4.79 Å². The highest BCUT2D eigenvalue weighted by Gasteiger charge is 2.40. The molecule has 0 unspecified atom stereocenters. The summed E-state index contributed by atoms with van der Waals surface area (Å²) < 4.78 is 0. The molecule has 1 saturated carbocycles. The molecule has 0 spiro atoms. The van der Waals surface area contributed by atoms with Gasteiger partial charge in [-0.3, -0.25) is 4.79 Å². The van der Waals surface area contributed by atoms with E-state index in [2.05, 4.69) is 27.7 Å². The number of carbonyl (C=O) groups excluding carboxylic acids is 1. The number of rotatable bonds is 2. The molecule has 0 aromatic heterocycles. The quantitative estimate of drug-likeness (QED) is 0.565. The normalized spacial score (nSPS) is 21.3. The molecule has 1 aromatic rings. The fourth-order valence-electron chi connectivity index (χ4n) is 4.23. The molecular formula is C18H24Cl2O. The lowest BCUT2D eigenvalue weighted by molar-refractivity contribution is 0.0967. The van der Waals surface area contributed by atoms with Gasteiger partial charge >= 0.3 is 0 Å². The Balaban J connectivity index is 2.44. The number of halogens is 2. The molecule has 1 aromatic carbocycles. The minimum atomic E-state index is -0.00495. The fraction of sp³-hybridized carbons (Fsp3) is 0.611. The summed E-state index contributed by atoms with van der Waals surface area (Å²) in [4.78, 5) is 11.5. The van der Waals surface area contributed by atoms with Crippen LogP contribution in [0.5, 0.6) is 0 Å². The summed E-state index contributed by atoms with van der Waals surface area (Å²) >= 11 is 12.9. The molecule has 0 N–H and O–H groups in total. The van der Waals surface area contributed by atoms with E-state index in [4.69, 9.17) is 23.2 Å². The Labute approximate surface area is 138 Å². The molecule has 2 rings (SSSR count). The maximum absolute atomic E-state index is 11.5. The highest BCUT2D eigenvalue weighted by Crippen LogP contribution is 2.53. The Morgan fingerprint density at radius 3 is 1.86 bits per heavy atom. The first kappa shape index (κ1) is 16.8. The molecule has 1 nitrogen and oxygen atoms in total. The van der Waals surface area contributed by atoms with Crippen LogP contribution in [0.2, 0.25) is 10.0 Å². The summed E-state index contributed by atoms with van der Waals surface area (Å²) in [6.45, 7) is 10.8. The molecule has 0 atom stereocenters. The van der Waals surface area contributed by atoms with E-state index in [0.29, 0.717) is 21.5 Å². The maximum atomic E-state index is 11.5. The molecule has 1 aliphatic carbocycles. The SMILES string of the molecule is CC(=O)c1cc(Cl)c(C2CC(C)(C)CC(C)(C)C2)c(Cl)c1. The molecule has 0 bridgehead atoms. The first-order valence-corrected chi connectivity index (χ1v) is 8.26. The van der Waals surface area contributed by atoms with Crippen molar-refractivity contribution in [2.75, 3.05) is 0 Å². The Morgan fingerprint density at radius 1 is 1.05 bits per heavy atom. The predicted octanol–water partition coefficient (Wildman–Crippen LogP) is 6.52. The lowest BCUT2D eigenvalue weighted by atomic mass is 9.60. The van der Waals surface area contributed by atoms with E-state index >= 15 is 0 Å². The summed E-state index contributed by atoms with van der Waals surface area (Å²) in [5, 5.41) is 1.26. The van der Waals surface area contributed by atoms with Gasteiger partial charge in [-0.05, 0) is 60.6 Å². The lowest BCUT2D eigenvalue weighted by Gasteiger charge is -2.45. The van der Waals surface area contributed by atoms with Gasteiger partial charge in [0.25, 0.3) is 0 Å². The molecule has 0 radical (unpaired) electrons. The van der Waals surface area contributed by atoms with Crippen LogP contribution in [-0.2, 0) is 0 Å². The van der Waals surface area contributed by atoms with Gasteiger partial charge in [-0.15, -0.1) is 0 Å². The van der Waals surface area contributed by atoms with Gasteiger partial charge in [-0.1, -0.05) is 50.9 Å². The third kappa shape index (κ3) is 3.81. The highest BCUT2D eigenvalue weighted by atomic mass is 35.5. The first-order valence-electron chi connectivity index (χ1n) is 7.51. The summed E-state index contributed by atoms with van der Waals surface area (Å²) in [7, 11) is 0.